The molecule has 3 rings (SSSR count). The highest BCUT2D eigenvalue weighted by atomic mass is 35.5. The lowest BCUT2D eigenvalue weighted by Crippen LogP contribution is -2.28. The molecule has 0 bridgehead atoms. The molecule has 3 aromatic rings. The lowest BCUT2D eigenvalue weighted by atomic mass is 10.2. The summed E-state index contributed by atoms with van der Waals surface area (Å²) in [7, 11) is 0. The number of benzene rings is 1. The van der Waals surface area contributed by atoms with Gasteiger partial charge in [-0.1, -0.05) is 30.3 Å². The number of hydrogen-bond acceptors (Lipinski definition) is 9. The SMILES string of the molecule is CCOCCNc1nc(SCC)nc2c1cnn2CCNC(=O)c1cc([N+](=O)[O-])ccc1Cl. The van der Waals surface area contributed by atoms with Gasteiger partial charge in [-0.05, 0) is 18.7 Å². The van der Waals surface area contributed by atoms with Crippen LogP contribution in [0.3, 0.4) is 0 Å². The monoisotopic (exact) mass is 493 g/mol. The van der Waals surface area contributed by atoms with Crippen molar-refractivity contribution in [3.63, 3.8) is 0 Å². The van der Waals surface area contributed by atoms with Crippen LogP contribution in [0.2, 0.25) is 5.02 Å². The van der Waals surface area contributed by atoms with E-state index in [1.807, 2.05) is 13.8 Å². The first-order valence-corrected chi connectivity index (χ1v) is 11.7. The van der Waals surface area contributed by atoms with Gasteiger partial charge in [0, 0.05) is 31.8 Å². The number of non-ortho nitro benzene ring substituents is 1. The second-order valence-electron chi connectivity index (χ2n) is 6.69. The average Bonchev–Trinajstić information content (AvgIpc) is 3.20. The van der Waals surface area contributed by atoms with Gasteiger partial charge in [0.25, 0.3) is 11.6 Å². The topological polar surface area (TPSA) is 137 Å². The van der Waals surface area contributed by atoms with Crippen molar-refractivity contribution in [1.29, 1.82) is 0 Å². The molecule has 0 spiro atoms. The molecule has 2 heterocycles. The third-order valence-electron chi connectivity index (χ3n) is 4.51. The fraction of sp³-hybridized carbons (Fsp3) is 0.400. The lowest BCUT2D eigenvalue weighted by Gasteiger charge is -2.10. The van der Waals surface area contributed by atoms with Crippen LogP contribution in [-0.2, 0) is 11.3 Å². The molecule has 2 aromatic heterocycles. The Morgan fingerprint density at radius 2 is 2.12 bits per heavy atom. The van der Waals surface area contributed by atoms with Gasteiger partial charge in [-0.25, -0.2) is 14.6 Å². The molecular weight excluding hydrogens is 470 g/mol. The van der Waals surface area contributed by atoms with Crippen molar-refractivity contribution in [3.8, 4) is 0 Å². The first kappa shape index (κ1) is 24.7. The number of hydrogen-bond donors (Lipinski definition) is 2. The summed E-state index contributed by atoms with van der Waals surface area (Å²) >= 11 is 7.56. The Morgan fingerprint density at radius 1 is 1.30 bits per heavy atom. The molecule has 0 unspecified atom stereocenters. The Labute approximate surface area is 199 Å². The van der Waals surface area contributed by atoms with Crippen LogP contribution in [0.1, 0.15) is 24.2 Å². The summed E-state index contributed by atoms with van der Waals surface area (Å²) in [5, 5.41) is 22.9. The Kier molecular flexibility index (Phi) is 8.80. The first-order valence-electron chi connectivity index (χ1n) is 10.3. The fourth-order valence-corrected chi connectivity index (χ4v) is 3.75. The number of amides is 1. The van der Waals surface area contributed by atoms with Gasteiger partial charge in [0.2, 0.25) is 0 Å². The van der Waals surface area contributed by atoms with E-state index < -0.39 is 10.8 Å². The zero-order chi connectivity index (χ0) is 23.8. The number of carbonyl (C=O) groups excluding carboxylic acids is 1. The van der Waals surface area contributed by atoms with Crippen LogP contribution in [-0.4, -0.2) is 62.6 Å². The normalized spacial score (nSPS) is 11.0. The quantitative estimate of drug-likeness (QED) is 0.128. The molecule has 0 aliphatic heterocycles. The van der Waals surface area contributed by atoms with E-state index in [1.54, 1.807) is 10.9 Å². The van der Waals surface area contributed by atoms with Crippen molar-refractivity contribution in [3.05, 3.63) is 45.1 Å². The predicted octanol–water partition coefficient (Wildman–Crippen LogP) is 3.38. The third kappa shape index (κ3) is 6.30. The van der Waals surface area contributed by atoms with Gasteiger partial charge in [-0.15, -0.1) is 0 Å². The molecule has 0 radical (unpaired) electrons. The van der Waals surface area contributed by atoms with Gasteiger partial charge in [-0.2, -0.15) is 5.10 Å². The van der Waals surface area contributed by atoms with E-state index in [0.717, 1.165) is 17.2 Å². The zero-order valence-corrected chi connectivity index (χ0v) is 19.8. The van der Waals surface area contributed by atoms with Gasteiger partial charge >= 0.3 is 0 Å². The van der Waals surface area contributed by atoms with Crippen LogP contribution in [0.15, 0.2) is 29.6 Å². The van der Waals surface area contributed by atoms with Crippen molar-refractivity contribution in [2.75, 3.05) is 37.4 Å². The molecule has 13 heteroatoms. The summed E-state index contributed by atoms with van der Waals surface area (Å²) in [6.45, 7) is 6.32. The highest BCUT2D eigenvalue weighted by Crippen LogP contribution is 2.24. The Bertz CT molecular complexity index is 1140. The number of ether oxygens (including phenoxy) is 1. The van der Waals surface area contributed by atoms with Gasteiger partial charge in [-0.3, -0.25) is 14.9 Å². The molecule has 33 heavy (non-hydrogen) atoms. The largest absolute Gasteiger partial charge is 0.380 e. The number of fused-ring (bicyclic) bond motifs is 1. The molecule has 1 aromatic carbocycles. The number of carbonyl (C=O) groups is 1. The summed E-state index contributed by atoms with van der Waals surface area (Å²) in [5.74, 6) is 0.988. The van der Waals surface area contributed by atoms with Crippen molar-refractivity contribution in [2.24, 2.45) is 0 Å². The van der Waals surface area contributed by atoms with Crippen LogP contribution < -0.4 is 10.6 Å². The Balaban J connectivity index is 1.72. The maximum absolute atomic E-state index is 12.5. The van der Waals surface area contributed by atoms with Gasteiger partial charge in [0.15, 0.2) is 10.8 Å². The van der Waals surface area contributed by atoms with E-state index in [9.17, 15) is 14.9 Å². The zero-order valence-electron chi connectivity index (χ0n) is 18.2. The number of aromatic nitrogens is 4. The summed E-state index contributed by atoms with van der Waals surface area (Å²) in [6, 6.07) is 3.74. The number of rotatable bonds is 12. The maximum atomic E-state index is 12.5. The van der Waals surface area contributed by atoms with Crippen LogP contribution in [0.25, 0.3) is 11.0 Å². The van der Waals surface area contributed by atoms with E-state index in [4.69, 9.17) is 16.3 Å². The number of anilines is 1. The average molecular weight is 494 g/mol. The van der Waals surface area contributed by atoms with Gasteiger partial charge in [0.1, 0.15) is 5.82 Å². The predicted molar refractivity (Wildman–Crippen MR) is 127 cm³/mol. The number of nitro benzene ring substituents is 1. The fourth-order valence-electron chi connectivity index (χ4n) is 2.98. The molecule has 2 N–H and O–H groups in total. The van der Waals surface area contributed by atoms with Crippen molar-refractivity contribution >= 4 is 51.8 Å². The first-order chi connectivity index (χ1) is 15.9. The standard InChI is InChI=1S/C20H24ClN7O4S/c1-3-32-10-8-22-17-15-12-24-27(18(15)26-20(25-17)33-4-2)9-7-23-19(29)14-11-13(28(30)31)5-6-16(14)21/h5-6,11-12H,3-4,7-10H2,1-2H3,(H,23,29)(H,22,25,26). The minimum atomic E-state index is -0.575. The maximum Gasteiger partial charge on any atom is 0.270 e. The molecule has 0 aliphatic carbocycles. The number of nitrogens with zero attached hydrogens (tertiary/aromatic N) is 5. The summed E-state index contributed by atoms with van der Waals surface area (Å²) in [5.41, 5.74) is 0.480. The summed E-state index contributed by atoms with van der Waals surface area (Å²) < 4.78 is 7.05. The molecule has 11 nitrogen and oxygen atoms in total. The molecule has 176 valence electrons. The van der Waals surface area contributed by atoms with Gasteiger partial charge in [0.05, 0.1) is 40.2 Å². The van der Waals surface area contributed by atoms with Crippen LogP contribution in [0.4, 0.5) is 11.5 Å². The second-order valence-corrected chi connectivity index (χ2v) is 8.33. The molecule has 0 fully saturated rings. The minimum Gasteiger partial charge on any atom is -0.380 e. The van der Waals surface area contributed by atoms with Crippen molar-refractivity contribution in [1.82, 2.24) is 25.1 Å². The molecule has 0 aliphatic rings. The summed E-state index contributed by atoms with van der Waals surface area (Å²) in [4.78, 5) is 32.1. The van der Waals surface area contributed by atoms with E-state index in [2.05, 4.69) is 25.7 Å². The molecule has 1 amide bonds. The molecular formula is C20H24ClN7O4S. The van der Waals surface area contributed by atoms with Crippen LogP contribution in [0, 0.1) is 10.1 Å². The Morgan fingerprint density at radius 3 is 2.85 bits per heavy atom. The van der Waals surface area contributed by atoms with Crippen molar-refractivity contribution in [2.45, 2.75) is 25.5 Å². The van der Waals surface area contributed by atoms with Gasteiger partial charge < -0.3 is 15.4 Å². The smallest absolute Gasteiger partial charge is 0.270 e. The number of nitro groups is 1. The van der Waals surface area contributed by atoms with E-state index >= 15 is 0 Å². The summed E-state index contributed by atoms with van der Waals surface area (Å²) in [6.07, 6.45) is 1.68. The van der Waals surface area contributed by atoms with E-state index in [1.165, 1.54) is 23.9 Å². The number of thioether (sulfide) groups is 1. The molecule has 0 saturated carbocycles. The van der Waals surface area contributed by atoms with E-state index in [0.29, 0.717) is 42.9 Å². The highest BCUT2D eigenvalue weighted by Gasteiger charge is 2.17. The number of halogens is 1. The van der Waals surface area contributed by atoms with E-state index in [-0.39, 0.29) is 22.8 Å². The number of nitrogens with one attached hydrogen (secondary N) is 2. The van der Waals surface area contributed by atoms with Crippen LogP contribution in [0.5, 0.6) is 0 Å². The lowest BCUT2D eigenvalue weighted by molar-refractivity contribution is -0.384. The van der Waals surface area contributed by atoms with Crippen LogP contribution >= 0.6 is 23.4 Å². The Hall–Kier alpha value is -2.96. The van der Waals surface area contributed by atoms with Crippen molar-refractivity contribution < 1.29 is 14.5 Å². The second kappa shape index (κ2) is 11.8. The molecule has 0 saturated heterocycles. The molecule has 0 atom stereocenters. The third-order valence-corrected chi connectivity index (χ3v) is 5.57. The highest BCUT2D eigenvalue weighted by molar-refractivity contribution is 7.99. The minimum absolute atomic E-state index is 0.0425.